The molecule has 0 aliphatic rings. The van der Waals surface area contributed by atoms with Crippen LogP contribution in [0.5, 0.6) is 5.75 Å². The lowest BCUT2D eigenvalue weighted by molar-refractivity contribution is 0.414. The number of ether oxygens (including phenoxy) is 1. The Morgan fingerprint density at radius 1 is 1.04 bits per heavy atom. The van der Waals surface area contributed by atoms with Gasteiger partial charge in [0.2, 0.25) is 0 Å². The van der Waals surface area contributed by atoms with Gasteiger partial charge in [0.25, 0.3) is 0 Å². The second kappa shape index (κ2) is 6.74. The zero-order chi connectivity index (χ0) is 16.1. The topological polar surface area (TPSA) is 64.9 Å². The van der Waals surface area contributed by atoms with Crippen molar-refractivity contribution in [1.82, 2.24) is 20.2 Å². The average molecular weight is 307 g/mol. The number of methoxy groups -OCH3 is 1. The van der Waals surface area contributed by atoms with Gasteiger partial charge in [-0.2, -0.15) is 4.68 Å². The second-order valence-electron chi connectivity index (χ2n) is 4.99. The van der Waals surface area contributed by atoms with Crippen LogP contribution < -0.4 is 10.1 Å². The summed E-state index contributed by atoms with van der Waals surface area (Å²) >= 11 is 0. The fourth-order valence-corrected chi connectivity index (χ4v) is 2.07. The molecular formula is C17H17N5O. The van der Waals surface area contributed by atoms with Gasteiger partial charge in [0.1, 0.15) is 5.75 Å². The normalized spacial score (nSPS) is 10.9. The molecule has 0 spiro atoms. The van der Waals surface area contributed by atoms with Crippen LogP contribution in [0.3, 0.4) is 0 Å². The van der Waals surface area contributed by atoms with E-state index in [1.807, 2.05) is 48.7 Å². The first kappa shape index (κ1) is 14.8. The molecule has 0 radical (unpaired) electrons. The van der Waals surface area contributed by atoms with Gasteiger partial charge in [-0.25, -0.2) is 0 Å². The first-order valence-electron chi connectivity index (χ1n) is 7.19. The van der Waals surface area contributed by atoms with Crippen molar-refractivity contribution in [2.75, 3.05) is 12.4 Å². The lowest BCUT2D eigenvalue weighted by Crippen LogP contribution is -2.00. The third-order valence-electron chi connectivity index (χ3n) is 3.34. The quantitative estimate of drug-likeness (QED) is 0.785. The lowest BCUT2D eigenvalue weighted by Gasteiger charge is -2.04. The van der Waals surface area contributed by atoms with Gasteiger partial charge in [-0.05, 0) is 53.7 Å². The Bertz CT molecular complexity index is 791. The molecule has 6 heteroatoms. The summed E-state index contributed by atoms with van der Waals surface area (Å²) in [6, 6.07) is 15.7. The van der Waals surface area contributed by atoms with E-state index in [2.05, 4.69) is 39.9 Å². The van der Waals surface area contributed by atoms with Crippen molar-refractivity contribution < 1.29 is 4.74 Å². The highest BCUT2D eigenvalue weighted by Gasteiger charge is 2.05. The highest BCUT2D eigenvalue weighted by Crippen LogP contribution is 2.15. The monoisotopic (exact) mass is 307 g/mol. The van der Waals surface area contributed by atoms with Crippen LogP contribution in [0.15, 0.2) is 54.7 Å². The molecule has 3 rings (SSSR count). The Morgan fingerprint density at radius 2 is 1.78 bits per heavy atom. The van der Waals surface area contributed by atoms with E-state index in [1.54, 1.807) is 11.8 Å². The number of nitrogens with one attached hydrogen (secondary N) is 1. The van der Waals surface area contributed by atoms with Gasteiger partial charge in [-0.15, -0.1) is 5.10 Å². The largest absolute Gasteiger partial charge is 0.497 e. The zero-order valence-corrected chi connectivity index (χ0v) is 13.0. The molecule has 23 heavy (non-hydrogen) atoms. The van der Waals surface area contributed by atoms with Gasteiger partial charge >= 0.3 is 0 Å². The molecule has 0 aliphatic carbocycles. The van der Waals surface area contributed by atoms with Gasteiger partial charge < -0.3 is 10.1 Å². The summed E-state index contributed by atoms with van der Waals surface area (Å²) in [5, 5.41) is 15.0. The lowest BCUT2D eigenvalue weighted by atomic mass is 10.2. The maximum atomic E-state index is 5.15. The van der Waals surface area contributed by atoms with Gasteiger partial charge in [0, 0.05) is 18.0 Å². The van der Waals surface area contributed by atoms with Crippen molar-refractivity contribution in [3.63, 3.8) is 0 Å². The molecule has 0 saturated heterocycles. The van der Waals surface area contributed by atoms with E-state index in [4.69, 9.17) is 4.74 Å². The second-order valence-corrected chi connectivity index (χ2v) is 4.99. The Morgan fingerprint density at radius 3 is 2.48 bits per heavy atom. The summed E-state index contributed by atoms with van der Waals surface area (Å²) in [7, 11) is 1.64. The molecule has 0 amide bonds. The highest BCUT2D eigenvalue weighted by atomic mass is 16.5. The van der Waals surface area contributed by atoms with Crippen molar-refractivity contribution >= 4 is 11.8 Å². The van der Waals surface area contributed by atoms with Crippen LogP contribution in [0.25, 0.3) is 11.8 Å². The predicted octanol–water partition coefficient (Wildman–Crippen LogP) is 3.06. The molecule has 1 N–H and O–H groups in total. The van der Waals surface area contributed by atoms with Crippen LogP contribution in [-0.2, 0) is 0 Å². The van der Waals surface area contributed by atoms with E-state index in [-0.39, 0.29) is 0 Å². The third kappa shape index (κ3) is 3.55. The summed E-state index contributed by atoms with van der Waals surface area (Å²) < 4.78 is 6.81. The van der Waals surface area contributed by atoms with E-state index in [0.29, 0.717) is 5.82 Å². The Hall–Kier alpha value is -3.15. The van der Waals surface area contributed by atoms with E-state index in [0.717, 1.165) is 17.1 Å². The summed E-state index contributed by atoms with van der Waals surface area (Å²) in [5.41, 5.74) is 3.10. The molecule has 6 nitrogen and oxygen atoms in total. The smallest absolute Gasteiger partial charge is 0.181 e. The number of aromatic nitrogens is 4. The van der Waals surface area contributed by atoms with Crippen molar-refractivity contribution in [2.45, 2.75) is 6.92 Å². The number of nitrogens with zero attached hydrogens (tertiary/aromatic N) is 4. The molecule has 1 aromatic heterocycles. The molecule has 116 valence electrons. The molecule has 0 atom stereocenters. The van der Waals surface area contributed by atoms with Gasteiger partial charge in [-0.3, -0.25) is 0 Å². The van der Waals surface area contributed by atoms with Crippen molar-refractivity contribution in [2.24, 2.45) is 0 Å². The third-order valence-corrected chi connectivity index (χ3v) is 3.34. The van der Waals surface area contributed by atoms with Gasteiger partial charge in [-0.1, -0.05) is 17.7 Å². The van der Waals surface area contributed by atoms with E-state index in [9.17, 15) is 0 Å². The molecule has 0 aliphatic heterocycles. The first-order chi connectivity index (χ1) is 11.3. The maximum Gasteiger partial charge on any atom is 0.181 e. The molecule has 0 unspecified atom stereocenters. The molecule has 0 fully saturated rings. The molecule has 1 heterocycles. The number of hydrogen-bond acceptors (Lipinski definition) is 5. The van der Waals surface area contributed by atoms with Crippen LogP contribution >= 0.6 is 0 Å². The minimum atomic E-state index is 0.634. The Labute approximate surface area is 134 Å². The van der Waals surface area contributed by atoms with Crippen LogP contribution in [0.4, 0.5) is 5.69 Å². The Kier molecular flexibility index (Phi) is 4.33. The highest BCUT2D eigenvalue weighted by molar-refractivity contribution is 5.53. The number of anilines is 1. The fraction of sp³-hybridized carbons (Fsp3) is 0.118. The van der Waals surface area contributed by atoms with Gasteiger partial charge in [0.15, 0.2) is 5.82 Å². The van der Waals surface area contributed by atoms with Crippen LogP contribution in [-0.4, -0.2) is 27.3 Å². The minimum absolute atomic E-state index is 0.634. The zero-order valence-electron chi connectivity index (χ0n) is 13.0. The summed E-state index contributed by atoms with van der Waals surface area (Å²) in [6.07, 6.45) is 3.64. The van der Waals surface area contributed by atoms with E-state index < -0.39 is 0 Å². The fourth-order valence-electron chi connectivity index (χ4n) is 2.07. The Balaban J connectivity index is 1.75. The number of tetrazole rings is 1. The van der Waals surface area contributed by atoms with Crippen LogP contribution in [0.2, 0.25) is 0 Å². The standard InChI is InChI=1S/C17H17N5O/c1-13-3-5-14(6-4-13)18-12-11-17-19-20-21-22(17)15-7-9-16(23-2)10-8-15/h3-12,18H,1-2H3. The number of rotatable bonds is 5. The molecule has 3 aromatic rings. The van der Waals surface area contributed by atoms with Crippen molar-refractivity contribution in [1.29, 1.82) is 0 Å². The van der Waals surface area contributed by atoms with Crippen molar-refractivity contribution in [3.8, 4) is 11.4 Å². The van der Waals surface area contributed by atoms with E-state index >= 15 is 0 Å². The maximum absolute atomic E-state index is 5.15. The molecule has 0 bridgehead atoms. The summed E-state index contributed by atoms with van der Waals surface area (Å²) in [6.45, 7) is 2.06. The molecule has 2 aromatic carbocycles. The predicted molar refractivity (Wildman–Crippen MR) is 89.5 cm³/mol. The SMILES string of the molecule is COc1ccc(-n2nnnc2C=CNc2ccc(C)cc2)cc1. The van der Waals surface area contributed by atoms with E-state index in [1.165, 1.54) is 5.56 Å². The molecule has 0 saturated carbocycles. The number of aryl methyl sites for hydroxylation is 1. The van der Waals surface area contributed by atoms with Crippen molar-refractivity contribution in [3.05, 3.63) is 66.1 Å². The molecular weight excluding hydrogens is 290 g/mol. The van der Waals surface area contributed by atoms with Gasteiger partial charge in [0.05, 0.1) is 12.8 Å². The summed E-state index contributed by atoms with van der Waals surface area (Å²) in [5.74, 6) is 1.43. The first-order valence-corrected chi connectivity index (χ1v) is 7.19. The van der Waals surface area contributed by atoms with Crippen LogP contribution in [0, 0.1) is 6.92 Å². The number of benzene rings is 2. The summed E-state index contributed by atoms with van der Waals surface area (Å²) in [4.78, 5) is 0. The average Bonchev–Trinajstić information content (AvgIpc) is 3.05. The number of hydrogen-bond donors (Lipinski definition) is 1. The minimum Gasteiger partial charge on any atom is -0.497 e. The van der Waals surface area contributed by atoms with Crippen LogP contribution in [0.1, 0.15) is 11.4 Å².